The minimum absolute atomic E-state index is 0.766. The minimum atomic E-state index is 0.766. The van der Waals surface area contributed by atoms with Crippen molar-refractivity contribution in [1.29, 1.82) is 0 Å². The first-order chi connectivity index (χ1) is 7.13. The van der Waals surface area contributed by atoms with Gasteiger partial charge in [0.25, 0.3) is 0 Å². The zero-order valence-corrected chi connectivity index (χ0v) is 10.3. The lowest BCUT2D eigenvalue weighted by molar-refractivity contribution is 0.522. The van der Waals surface area contributed by atoms with Gasteiger partial charge in [0.15, 0.2) is 0 Å². The maximum absolute atomic E-state index is 4.42. The summed E-state index contributed by atoms with van der Waals surface area (Å²) in [6.07, 6.45) is 5.72. The summed E-state index contributed by atoms with van der Waals surface area (Å²) < 4.78 is 0. The summed E-state index contributed by atoms with van der Waals surface area (Å²) in [5.74, 6) is 1.80. The van der Waals surface area contributed by atoms with E-state index in [4.69, 9.17) is 0 Å². The van der Waals surface area contributed by atoms with Crippen molar-refractivity contribution in [2.45, 2.75) is 33.1 Å². The second-order valence-corrected chi connectivity index (χ2v) is 4.52. The van der Waals surface area contributed by atoms with Crippen molar-refractivity contribution in [3.8, 4) is 0 Å². The summed E-state index contributed by atoms with van der Waals surface area (Å²) in [5, 5.41) is 0. The third kappa shape index (κ3) is 3.90. The molecule has 0 aromatic carbocycles. The van der Waals surface area contributed by atoms with Gasteiger partial charge in [0.2, 0.25) is 0 Å². The number of anilines is 1. The van der Waals surface area contributed by atoms with E-state index in [-0.39, 0.29) is 0 Å². The monoisotopic (exact) mass is 206 g/mol. The van der Waals surface area contributed by atoms with Gasteiger partial charge in [-0.05, 0) is 24.0 Å². The van der Waals surface area contributed by atoms with Crippen LogP contribution in [-0.4, -0.2) is 19.1 Å². The summed E-state index contributed by atoms with van der Waals surface area (Å²) in [7, 11) is 4.03. The molecule has 84 valence electrons. The first kappa shape index (κ1) is 12.0. The molecule has 1 aromatic heterocycles. The predicted octanol–water partition coefficient (Wildman–Crippen LogP) is 3.13. The highest BCUT2D eigenvalue weighted by molar-refractivity contribution is 5.37. The lowest BCUT2D eigenvalue weighted by atomic mass is 9.98. The van der Waals surface area contributed by atoms with E-state index in [1.165, 1.54) is 18.4 Å². The number of pyridine rings is 1. The van der Waals surface area contributed by atoms with Crippen molar-refractivity contribution >= 4 is 5.82 Å². The molecule has 2 heteroatoms. The van der Waals surface area contributed by atoms with Crippen molar-refractivity contribution in [3.63, 3.8) is 0 Å². The van der Waals surface area contributed by atoms with Gasteiger partial charge < -0.3 is 4.90 Å². The van der Waals surface area contributed by atoms with Crippen molar-refractivity contribution in [3.05, 3.63) is 23.9 Å². The van der Waals surface area contributed by atoms with E-state index in [1.54, 1.807) is 0 Å². The van der Waals surface area contributed by atoms with Gasteiger partial charge in [-0.15, -0.1) is 0 Å². The zero-order valence-electron chi connectivity index (χ0n) is 10.3. The number of hydrogen-bond donors (Lipinski definition) is 0. The SMILES string of the molecule is CCCC(C)Cc1ccc(N(C)C)nc1. The molecule has 0 aliphatic rings. The Bertz CT molecular complexity index is 277. The summed E-state index contributed by atoms with van der Waals surface area (Å²) in [6, 6.07) is 4.28. The predicted molar refractivity (Wildman–Crippen MR) is 66.3 cm³/mol. The third-order valence-electron chi connectivity index (χ3n) is 2.63. The fourth-order valence-corrected chi connectivity index (χ4v) is 1.80. The molecule has 1 heterocycles. The Hall–Kier alpha value is -1.05. The van der Waals surface area contributed by atoms with Crippen LogP contribution in [0.25, 0.3) is 0 Å². The van der Waals surface area contributed by atoms with Crippen molar-refractivity contribution in [1.82, 2.24) is 4.98 Å². The van der Waals surface area contributed by atoms with Crippen LogP contribution in [0.15, 0.2) is 18.3 Å². The molecule has 1 unspecified atom stereocenters. The minimum Gasteiger partial charge on any atom is -0.363 e. The molecule has 2 nitrogen and oxygen atoms in total. The van der Waals surface area contributed by atoms with Crippen molar-refractivity contribution in [2.75, 3.05) is 19.0 Å². The van der Waals surface area contributed by atoms with Crippen LogP contribution in [0.4, 0.5) is 5.82 Å². The number of hydrogen-bond acceptors (Lipinski definition) is 2. The van der Waals surface area contributed by atoms with Gasteiger partial charge in [0.1, 0.15) is 5.82 Å². The Morgan fingerprint density at radius 2 is 2.07 bits per heavy atom. The fraction of sp³-hybridized carbons (Fsp3) is 0.615. The fourth-order valence-electron chi connectivity index (χ4n) is 1.80. The molecule has 1 atom stereocenters. The van der Waals surface area contributed by atoms with E-state index < -0.39 is 0 Å². The van der Waals surface area contributed by atoms with Crippen LogP contribution < -0.4 is 4.90 Å². The Morgan fingerprint density at radius 3 is 2.53 bits per heavy atom. The third-order valence-corrected chi connectivity index (χ3v) is 2.63. The Kier molecular flexibility index (Phi) is 4.60. The topological polar surface area (TPSA) is 16.1 Å². The van der Waals surface area contributed by atoms with Crippen molar-refractivity contribution < 1.29 is 0 Å². The van der Waals surface area contributed by atoms with Crippen LogP contribution in [0.2, 0.25) is 0 Å². The molecular weight excluding hydrogens is 184 g/mol. The second kappa shape index (κ2) is 5.74. The first-order valence-electron chi connectivity index (χ1n) is 5.75. The van der Waals surface area contributed by atoms with Gasteiger partial charge in [-0.3, -0.25) is 0 Å². The zero-order chi connectivity index (χ0) is 11.3. The highest BCUT2D eigenvalue weighted by Crippen LogP contribution is 2.14. The molecule has 0 saturated carbocycles. The lowest BCUT2D eigenvalue weighted by Gasteiger charge is -2.13. The van der Waals surface area contributed by atoms with E-state index in [9.17, 15) is 0 Å². The molecule has 1 rings (SSSR count). The van der Waals surface area contributed by atoms with E-state index in [1.807, 2.05) is 25.2 Å². The molecule has 15 heavy (non-hydrogen) atoms. The van der Waals surface area contributed by atoms with Crippen LogP contribution >= 0.6 is 0 Å². The van der Waals surface area contributed by atoms with Crippen LogP contribution in [0.3, 0.4) is 0 Å². The van der Waals surface area contributed by atoms with Crippen LogP contribution in [0, 0.1) is 5.92 Å². The van der Waals surface area contributed by atoms with Gasteiger partial charge in [0, 0.05) is 20.3 Å². The smallest absolute Gasteiger partial charge is 0.127 e. The van der Waals surface area contributed by atoms with Crippen LogP contribution in [0.5, 0.6) is 0 Å². The number of aromatic nitrogens is 1. The van der Waals surface area contributed by atoms with E-state index in [0.29, 0.717) is 0 Å². The molecule has 0 bridgehead atoms. The highest BCUT2D eigenvalue weighted by Gasteiger charge is 2.03. The summed E-state index contributed by atoms with van der Waals surface area (Å²) >= 11 is 0. The molecule has 0 fully saturated rings. The summed E-state index contributed by atoms with van der Waals surface area (Å²) in [6.45, 7) is 4.55. The molecule has 0 aliphatic carbocycles. The maximum atomic E-state index is 4.42. The van der Waals surface area contributed by atoms with Gasteiger partial charge in [-0.25, -0.2) is 4.98 Å². The quantitative estimate of drug-likeness (QED) is 0.736. The van der Waals surface area contributed by atoms with Gasteiger partial charge in [-0.1, -0.05) is 32.8 Å². The highest BCUT2D eigenvalue weighted by atomic mass is 15.1. The molecule has 0 aliphatic heterocycles. The largest absolute Gasteiger partial charge is 0.363 e. The summed E-state index contributed by atoms with van der Waals surface area (Å²) in [4.78, 5) is 6.44. The van der Waals surface area contributed by atoms with Gasteiger partial charge >= 0.3 is 0 Å². The molecule has 0 radical (unpaired) electrons. The second-order valence-electron chi connectivity index (χ2n) is 4.52. The number of nitrogens with zero attached hydrogens (tertiary/aromatic N) is 2. The first-order valence-corrected chi connectivity index (χ1v) is 5.75. The molecular formula is C13H22N2. The Morgan fingerprint density at radius 1 is 1.33 bits per heavy atom. The lowest BCUT2D eigenvalue weighted by Crippen LogP contribution is -2.10. The van der Waals surface area contributed by atoms with Crippen LogP contribution in [-0.2, 0) is 6.42 Å². The van der Waals surface area contributed by atoms with Gasteiger partial charge in [-0.2, -0.15) is 0 Å². The molecule has 0 N–H and O–H groups in total. The Balaban J connectivity index is 2.56. The standard InChI is InChI=1S/C13H22N2/c1-5-6-11(2)9-12-7-8-13(14-10-12)15(3)4/h7-8,10-11H,5-6,9H2,1-4H3. The number of rotatable bonds is 5. The van der Waals surface area contributed by atoms with Crippen molar-refractivity contribution in [2.24, 2.45) is 5.92 Å². The molecule has 0 amide bonds. The summed E-state index contributed by atoms with van der Waals surface area (Å²) in [5.41, 5.74) is 1.35. The van der Waals surface area contributed by atoms with Crippen LogP contribution in [0.1, 0.15) is 32.3 Å². The Labute approximate surface area is 93.3 Å². The van der Waals surface area contributed by atoms with E-state index in [2.05, 4.69) is 31.0 Å². The molecule has 0 spiro atoms. The average Bonchev–Trinajstić information content (AvgIpc) is 2.18. The van der Waals surface area contributed by atoms with E-state index >= 15 is 0 Å². The molecule has 0 saturated heterocycles. The average molecular weight is 206 g/mol. The van der Waals surface area contributed by atoms with E-state index in [0.717, 1.165) is 18.2 Å². The molecule has 1 aromatic rings. The normalized spacial score (nSPS) is 12.5. The maximum Gasteiger partial charge on any atom is 0.127 e. The van der Waals surface area contributed by atoms with Gasteiger partial charge in [0.05, 0.1) is 0 Å².